The minimum Gasteiger partial charge on any atom is -0.382 e. The predicted molar refractivity (Wildman–Crippen MR) is 66.1 cm³/mol. The fourth-order valence-electron chi connectivity index (χ4n) is 1.58. The predicted octanol–water partition coefficient (Wildman–Crippen LogP) is 2.89. The van der Waals surface area contributed by atoms with Crippen LogP contribution in [0.3, 0.4) is 0 Å². The van der Waals surface area contributed by atoms with Gasteiger partial charge >= 0.3 is 0 Å². The van der Waals surface area contributed by atoms with Crippen LogP contribution < -0.4 is 0 Å². The molecule has 0 radical (unpaired) electrons. The van der Waals surface area contributed by atoms with Gasteiger partial charge in [-0.3, -0.25) is 0 Å². The summed E-state index contributed by atoms with van der Waals surface area (Å²) in [6, 6.07) is 4.47. The van der Waals surface area contributed by atoms with Crippen molar-refractivity contribution in [1.29, 1.82) is 0 Å². The fraction of sp³-hybridized carbons (Fsp3) is 0.250. The van der Waals surface area contributed by atoms with Crippen LogP contribution in [0.5, 0.6) is 0 Å². The Morgan fingerprint density at radius 1 is 1.53 bits per heavy atom. The molecule has 0 saturated carbocycles. The molecule has 1 heterocycles. The third kappa shape index (κ3) is 2.56. The first kappa shape index (κ1) is 12.3. The SMILES string of the molecule is CCn1cnc(C(O)c2cc(Br)ccc2F)c1. The van der Waals surface area contributed by atoms with Gasteiger partial charge in [-0.15, -0.1) is 0 Å². The monoisotopic (exact) mass is 298 g/mol. The minimum atomic E-state index is -1.04. The van der Waals surface area contributed by atoms with Crippen molar-refractivity contribution in [2.24, 2.45) is 0 Å². The summed E-state index contributed by atoms with van der Waals surface area (Å²) in [6.45, 7) is 2.73. The van der Waals surface area contributed by atoms with Gasteiger partial charge in [0.05, 0.1) is 12.0 Å². The summed E-state index contributed by atoms with van der Waals surface area (Å²) in [5.74, 6) is -0.438. The Balaban J connectivity index is 2.35. The average molecular weight is 299 g/mol. The maximum Gasteiger partial charge on any atom is 0.129 e. The lowest BCUT2D eigenvalue weighted by atomic mass is 10.1. The van der Waals surface area contributed by atoms with Gasteiger partial charge < -0.3 is 9.67 Å². The van der Waals surface area contributed by atoms with E-state index in [-0.39, 0.29) is 5.56 Å². The number of nitrogens with zero attached hydrogens (tertiary/aromatic N) is 2. The molecule has 90 valence electrons. The molecular formula is C12H12BrFN2O. The summed E-state index contributed by atoms with van der Waals surface area (Å²) in [7, 11) is 0. The number of aliphatic hydroxyl groups is 1. The highest BCUT2D eigenvalue weighted by atomic mass is 79.9. The van der Waals surface area contributed by atoms with Crippen molar-refractivity contribution in [3.63, 3.8) is 0 Å². The summed E-state index contributed by atoms with van der Waals surface area (Å²) in [5, 5.41) is 10.1. The Morgan fingerprint density at radius 2 is 2.29 bits per heavy atom. The summed E-state index contributed by atoms with van der Waals surface area (Å²) in [4.78, 5) is 4.07. The lowest BCUT2D eigenvalue weighted by Gasteiger charge is -2.09. The van der Waals surface area contributed by atoms with E-state index in [0.717, 1.165) is 11.0 Å². The van der Waals surface area contributed by atoms with Gasteiger partial charge in [-0.05, 0) is 25.1 Å². The largest absolute Gasteiger partial charge is 0.382 e. The zero-order chi connectivity index (χ0) is 12.4. The highest BCUT2D eigenvalue weighted by Gasteiger charge is 2.17. The molecule has 17 heavy (non-hydrogen) atoms. The summed E-state index contributed by atoms with van der Waals surface area (Å²) >= 11 is 3.25. The van der Waals surface area contributed by atoms with Gasteiger partial charge in [-0.25, -0.2) is 9.37 Å². The van der Waals surface area contributed by atoms with Crippen LogP contribution in [-0.4, -0.2) is 14.7 Å². The molecule has 0 spiro atoms. The van der Waals surface area contributed by atoms with Crippen LogP contribution in [0.2, 0.25) is 0 Å². The quantitative estimate of drug-likeness (QED) is 0.946. The second-order valence-electron chi connectivity index (χ2n) is 3.70. The molecular weight excluding hydrogens is 287 g/mol. The minimum absolute atomic E-state index is 0.223. The van der Waals surface area contributed by atoms with E-state index in [1.54, 1.807) is 24.7 Å². The molecule has 5 heteroatoms. The Bertz CT molecular complexity index is 527. The van der Waals surface area contributed by atoms with Crippen molar-refractivity contribution in [3.05, 3.63) is 52.3 Å². The van der Waals surface area contributed by atoms with Gasteiger partial charge in [-0.2, -0.15) is 0 Å². The van der Waals surface area contributed by atoms with Gasteiger partial charge in [0.15, 0.2) is 0 Å². The number of aromatic nitrogens is 2. The molecule has 0 amide bonds. The molecule has 0 fully saturated rings. The van der Waals surface area contributed by atoms with Crippen molar-refractivity contribution in [2.45, 2.75) is 19.6 Å². The van der Waals surface area contributed by atoms with E-state index in [9.17, 15) is 9.50 Å². The van der Waals surface area contributed by atoms with Crippen molar-refractivity contribution in [2.75, 3.05) is 0 Å². The number of aryl methyl sites for hydroxylation is 1. The molecule has 0 aliphatic carbocycles. The molecule has 0 bridgehead atoms. The molecule has 2 aromatic rings. The highest BCUT2D eigenvalue weighted by molar-refractivity contribution is 9.10. The van der Waals surface area contributed by atoms with E-state index in [1.165, 1.54) is 6.07 Å². The third-order valence-corrected chi connectivity index (χ3v) is 3.04. The molecule has 1 aromatic carbocycles. The van der Waals surface area contributed by atoms with Gasteiger partial charge in [0.1, 0.15) is 11.9 Å². The van der Waals surface area contributed by atoms with Crippen molar-refractivity contribution >= 4 is 15.9 Å². The molecule has 1 N–H and O–H groups in total. The average Bonchev–Trinajstić information content (AvgIpc) is 2.80. The van der Waals surface area contributed by atoms with Gasteiger partial charge in [0, 0.05) is 22.8 Å². The molecule has 0 saturated heterocycles. The number of imidazole rings is 1. The van der Waals surface area contributed by atoms with E-state index in [4.69, 9.17) is 0 Å². The van der Waals surface area contributed by atoms with Crippen molar-refractivity contribution < 1.29 is 9.50 Å². The van der Waals surface area contributed by atoms with Crippen LogP contribution in [0.25, 0.3) is 0 Å². The normalized spacial score (nSPS) is 12.7. The van der Waals surface area contributed by atoms with Crippen LogP contribution in [0.4, 0.5) is 4.39 Å². The van der Waals surface area contributed by atoms with Crippen LogP contribution in [0.1, 0.15) is 24.3 Å². The van der Waals surface area contributed by atoms with E-state index >= 15 is 0 Å². The van der Waals surface area contributed by atoms with Crippen LogP contribution in [0, 0.1) is 5.82 Å². The molecule has 1 aromatic heterocycles. The molecule has 0 aliphatic heterocycles. The topological polar surface area (TPSA) is 38.0 Å². The van der Waals surface area contributed by atoms with Gasteiger partial charge in [0.25, 0.3) is 0 Å². The summed E-state index contributed by atoms with van der Waals surface area (Å²) in [5.41, 5.74) is 0.671. The van der Waals surface area contributed by atoms with Crippen molar-refractivity contribution in [1.82, 2.24) is 9.55 Å². The smallest absolute Gasteiger partial charge is 0.129 e. The maximum atomic E-state index is 13.6. The number of halogens is 2. The molecule has 1 unspecified atom stereocenters. The lowest BCUT2D eigenvalue weighted by molar-refractivity contribution is 0.210. The molecule has 1 atom stereocenters. The van der Waals surface area contributed by atoms with Crippen LogP contribution in [0.15, 0.2) is 35.2 Å². The standard InChI is InChI=1S/C12H12BrFN2O/c1-2-16-6-11(15-7-16)12(17)9-5-8(13)3-4-10(9)14/h3-7,12,17H,2H2,1H3. The number of hydrogen-bond acceptors (Lipinski definition) is 2. The van der Waals surface area contributed by atoms with Crippen LogP contribution >= 0.6 is 15.9 Å². The first-order valence-electron chi connectivity index (χ1n) is 5.26. The Kier molecular flexibility index (Phi) is 3.59. The number of hydrogen-bond donors (Lipinski definition) is 1. The first-order valence-corrected chi connectivity index (χ1v) is 6.05. The summed E-state index contributed by atoms with van der Waals surface area (Å²) in [6.07, 6.45) is 2.29. The maximum absolute atomic E-state index is 13.6. The van der Waals surface area contributed by atoms with E-state index in [0.29, 0.717) is 5.69 Å². The Hall–Kier alpha value is -1.20. The highest BCUT2D eigenvalue weighted by Crippen LogP contribution is 2.25. The van der Waals surface area contributed by atoms with Gasteiger partial charge in [-0.1, -0.05) is 15.9 Å². The van der Waals surface area contributed by atoms with E-state index < -0.39 is 11.9 Å². The van der Waals surface area contributed by atoms with Crippen LogP contribution in [-0.2, 0) is 6.54 Å². The zero-order valence-electron chi connectivity index (χ0n) is 9.27. The fourth-order valence-corrected chi connectivity index (χ4v) is 1.95. The first-order chi connectivity index (χ1) is 8.11. The summed E-state index contributed by atoms with van der Waals surface area (Å²) < 4.78 is 16.1. The molecule has 0 aliphatic rings. The van der Waals surface area contributed by atoms with E-state index in [1.807, 2.05) is 11.5 Å². The number of rotatable bonds is 3. The Labute approximate surface area is 107 Å². The second kappa shape index (κ2) is 4.98. The molecule has 3 nitrogen and oxygen atoms in total. The van der Waals surface area contributed by atoms with Gasteiger partial charge in [0.2, 0.25) is 0 Å². The Morgan fingerprint density at radius 3 is 2.94 bits per heavy atom. The van der Waals surface area contributed by atoms with E-state index in [2.05, 4.69) is 20.9 Å². The lowest BCUT2D eigenvalue weighted by Crippen LogP contribution is -2.03. The number of benzene rings is 1. The second-order valence-corrected chi connectivity index (χ2v) is 4.61. The van der Waals surface area contributed by atoms with Crippen molar-refractivity contribution in [3.8, 4) is 0 Å². The molecule has 2 rings (SSSR count). The number of aliphatic hydroxyl groups excluding tert-OH is 1. The third-order valence-electron chi connectivity index (χ3n) is 2.55. The zero-order valence-corrected chi connectivity index (χ0v) is 10.9.